The van der Waals surface area contributed by atoms with E-state index in [2.05, 4.69) is 160 Å². The summed E-state index contributed by atoms with van der Waals surface area (Å²) >= 11 is 0. The van der Waals surface area contributed by atoms with E-state index in [1.165, 1.54) is 50.1 Å². The molecule has 8 rings (SSSR count). The van der Waals surface area contributed by atoms with E-state index in [0.29, 0.717) is 0 Å². The Morgan fingerprint density at radius 1 is 0.512 bits per heavy atom. The zero-order chi connectivity index (χ0) is 29.2. The van der Waals surface area contributed by atoms with E-state index in [0.717, 1.165) is 22.9 Å². The third-order valence-corrected chi connectivity index (χ3v) is 9.04. The van der Waals surface area contributed by atoms with E-state index in [1.54, 1.807) is 0 Å². The molecule has 6 aromatic rings. The summed E-state index contributed by atoms with van der Waals surface area (Å²) in [5, 5.41) is 3.60. The molecule has 2 aliphatic rings. The van der Waals surface area contributed by atoms with Crippen molar-refractivity contribution in [3.05, 3.63) is 167 Å². The summed E-state index contributed by atoms with van der Waals surface area (Å²) in [5.74, 6) is 1.71. The first-order valence-electron chi connectivity index (χ1n) is 15.0. The first-order valence-corrected chi connectivity index (χ1v) is 15.0. The normalized spacial score (nSPS) is 13.7. The predicted molar refractivity (Wildman–Crippen MR) is 178 cm³/mol. The lowest BCUT2D eigenvalue weighted by Gasteiger charge is -2.31. The van der Waals surface area contributed by atoms with Crippen molar-refractivity contribution in [3.8, 4) is 33.8 Å². The fraction of sp³-hybridized carbons (Fsp3) is 0.122. The molecule has 0 aromatic heterocycles. The molecule has 0 heterocycles. The van der Waals surface area contributed by atoms with Crippen molar-refractivity contribution in [1.82, 2.24) is 0 Å². The maximum Gasteiger partial charge on any atom is 0.132 e. The van der Waals surface area contributed by atoms with Crippen LogP contribution in [0, 0.1) is 0 Å². The number of hydrogen-bond donors (Lipinski definition) is 1. The second-order valence-corrected chi connectivity index (χ2v) is 12.7. The summed E-state index contributed by atoms with van der Waals surface area (Å²) in [6.07, 6.45) is 0. The molecule has 2 aliphatic carbocycles. The highest BCUT2D eigenvalue weighted by Crippen LogP contribution is 2.64. The number of para-hydroxylation sites is 1. The van der Waals surface area contributed by atoms with Crippen molar-refractivity contribution in [2.75, 3.05) is 5.32 Å². The van der Waals surface area contributed by atoms with Gasteiger partial charge in [0.1, 0.15) is 11.5 Å². The summed E-state index contributed by atoms with van der Waals surface area (Å²) in [6, 6.07) is 50.1. The van der Waals surface area contributed by atoms with E-state index < -0.39 is 5.41 Å². The minimum atomic E-state index is -0.456. The smallest absolute Gasteiger partial charge is 0.132 e. The van der Waals surface area contributed by atoms with Gasteiger partial charge >= 0.3 is 0 Å². The highest BCUT2D eigenvalue weighted by atomic mass is 16.5. The van der Waals surface area contributed by atoms with Crippen LogP contribution in [0.15, 0.2) is 140 Å². The first kappa shape index (κ1) is 25.6. The van der Waals surface area contributed by atoms with E-state index >= 15 is 0 Å². The average molecular weight is 556 g/mol. The van der Waals surface area contributed by atoms with Crippen LogP contribution in [-0.4, -0.2) is 0 Å². The maximum absolute atomic E-state index is 7.04. The van der Waals surface area contributed by atoms with E-state index in [4.69, 9.17) is 4.74 Å². The van der Waals surface area contributed by atoms with Crippen LogP contribution in [0.1, 0.15) is 48.6 Å². The van der Waals surface area contributed by atoms with Crippen molar-refractivity contribution in [3.63, 3.8) is 0 Å². The topological polar surface area (TPSA) is 21.3 Å². The summed E-state index contributed by atoms with van der Waals surface area (Å²) in [7, 11) is 0. The zero-order valence-corrected chi connectivity index (χ0v) is 24.7. The molecule has 0 unspecified atom stereocenters. The minimum absolute atomic E-state index is 0.0497. The predicted octanol–water partition coefficient (Wildman–Crippen LogP) is 10.9. The molecular weight excluding hydrogens is 522 g/mol. The zero-order valence-electron chi connectivity index (χ0n) is 24.7. The van der Waals surface area contributed by atoms with Crippen LogP contribution < -0.4 is 10.1 Å². The SMILES string of the molecule is CC(C)(C)c1cc(Nc2ccccc2)cc(Oc2cccc3c2C2(c4ccccc4-c4ccccc42)c2ccccc2-3)c1. The third kappa shape index (κ3) is 3.87. The number of anilines is 2. The van der Waals surface area contributed by atoms with Crippen LogP contribution in [0.2, 0.25) is 0 Å². The second-order valence-electron chi connectivity index (χ2n) is 12.7. The molecule has 0 aliphatic heterocycles. The van der Waals surface area contributed by atoms with Crippen LogP contribution in [0.25, 0.3) is 22.3 Å². The van der Waals surface area contributed by atoms with Crippen LogP contribution in [0.3, 0.4) is 0 Å². The monoisotopic (exact) mass is 555 g/mol. The Kier molecular flexibility index (Phi) is 5.64. The van der Waals surface area contributed by atoms with Crippen LogP contribution in [0.5, 0.6) is 11.5 Å². The number of fused-ring (bicyclic) bond motifs is 10. The highest BCUT2D eigenvalue weighted by molar-refractivity contribution is 5.96. The van der Waals surface area contributed by atoms with Crippen molar-refractivity contribution in [2.24, 2.45) is 0 Å². The first-order chi connectivity index (χ1) is 20.9. The van der Waals surface area contributed by atoms with Crippen molar-refractivity contribution in [1.29, 1.82) is 0 Å². The summed E-state index contributed by atoms with van der Waals surface area (Å²) in [6.45, 7) is 6.74. The quantitative estimate of drug-likeness (QED) is 0.233. The largest absolute Gasteiger partial charge is 0.457 e. The minimum Gasteiger partial charge on any atom is -0.457 e. The Bertz CT molecular complexity index is 1950. The van der Waals surface area contributed by atoms with E-state index in [1.807, 2.05) is 6.07 Å². The van der Waals surface area contributed by atoms with E-state index in [-0.39, 0.29) is 5.41 Å². The van der Waals surface area contributed by atoms with Gasteiger partial charge in [-0.2, -0.15) is 0 Å². The summed E-state index contributed by atoms with van der Waals surface area (Å²) in [4.78, 5) is 0. The lowest BCUT2D eigenvalue weighted by Crippen LogP contribution is -2.26. The van der Waals surface area contributed by atoms with Gasteiger partial charge in [-0.25, -0.2) is 0 Å². The fourth-order valence-electron chi connectivity index (χ4n) is 7.18. The summed E-state index contributed by atoms with van der Waals surface area (Å²) in [5.41, 5.74) is 13.0. The molecule has 2 heteroatoms. The molecular formula is C41H33NO. The average Bonchev–Trinajstić information content (AvgIpc) is 3.49. The molecule has 208 valence electrons. The molecule has 1 spiro atoms. The third-order valence-electron chi connectivity index (χ3n) is 9.04. The van der Waals surface area contributed by atoms with Gasteiger partial charge in [0.25, 0.3) is 0 Å². The summed E-state index contributed by atoms with van der Waals surface area (Å²) < 4.78 is 7.04. The van der Waals surface area contributed by atoms with Crippen LogP contribution in [-0.2, 0) is 10.8 Å². The molecule has 0 fully saturated rings. The van der Waals surface area contributed by atoms with Crippen molar-refractivity contribution >= 4 is 11.4 Å². The van der Waals surface area contributed by atoms with Gasteiger partial charge in [0.2, 0.25) is 0 Å². The van der Waals surface area contributed by atoms with Crippen molar-refractivity contribution in [2.45, 2.75) is 31.6 Å². The van der Waals surface area contributed by atoms with E-state index in [9.17, 15) is 0 Å². The van der Waals surface area contributed by atoms with Gasteiger partial charge in [-0.1, -0.05) is 124 Å². The Balaban J connectivity index is 1.35. The lowest BCUT2D eigenvalue weighted by atomic mass is 9.70. The van der Waals surface area contributed by atoms with Gasteiger partial charge in [-0.3, -0.25) is 0 Å². The molecule has 0 radical (unpaired) electrons. The number of nitrogens with one attached hydrogen (secondary N) is 1. The van der Waals surface area contributed by atoms with Crippen molar-refractivity contribution < 1.29 is 4.74 Å². The Morgan fingerprint density at radius 2 is 1.05 bits per heavy atom. The number of rotatable bonds is 4. The maximum atomic E-state index is 7.04. The van der Waals surface area contributed by atoms with Gasteiger partial charge in [0.05, 0.1) is 5.41 Å². The molecule has 0 amide bonds. The van der Waals surface area contributed by atoms with Crippen LogP contribution >= 0.6 is 0 Å². The van der Waals surface area contributed by atoms with Gasteiger partial charge in [0.15, 0.2) is 0 Å². The molecule has 43 heavy (non-hydrogen) atoms. The number of ether oxygens (including phenoxy) is 1. The lowest BCUT2D eigenvalue weighted by molar-refractivity contribution is 0.468. The molecule has 1 N–H and O–H groups in total. The number of benzene rings is 6. The van der Waals surface area contributed by atoms with Gasteiger partial charge < -0.3 is 10.1 Å². The number of hydrogen-bond acceptors (Lipinski definition) is 2. The van der Waals surface area contributed by atoms with Gasteiger partial charge in [-0.05, 0) is 80.3 Å². The van der Waals surface area contributed by atoms with Crippen LogP contribution in [0.4, 0.5) is 11.4 Å². The fourth-order valence-corrected chi connectivity index (χ4v) is 7.18. The molecule has 0 saturated heterocycles. The van der Waals surface area contributed by atoms with Gasteiger partial charge in [0, 0.05) is 23.0 Å². The molecule has 2 nitrogen and oxygen atoms in total. The Labute approximate surface area is 253 Å². The molecule has 0 atom stereocenters. The Morgan fingerprint density at radius 3 is 1.65 bits per heavy atom. The second kappa shape index (κ2) is 9.47. The van der Waals surface area contributed by atoms with Gasteiger partial charge in [-0.15, -0.1) is 0 Å². The highest BCUT2D eigenvalue weighted by Gasteiger charge is 2.53. The standard InChI is InChI=1S/C41H33NO/c1-40(2,3)27-24-29(42-28-14-5-4-6-15-28)26-30(25-27)43-38-23-13-19-34-33-18-9-12-22-37(33)41(39(34)38)35-20-10-7-16-31(35)32-17-8-11-21-36(32)41/h4-26,42H,1-3H3. The molecule has 0 bridgehead atoms. The molecule has 0 saturated carbocycles. The molecule has 6 aromatic carbocycles. The Hall–Kier alpha value is -5.08.